The van der Waals surface area contributed by atoms with Gasteiger partial charge in [-0.15, -0.1) is 11.3 Å². The predicted octanol–water partition coefficient (Wildman–Crippen LogP) is 3.16. The van der Waals surface area contributed by atoms with E-state index < -0.39 is 23.3 Å². The van der Waals surface area contributed by atoms with Crippen molar-refractivity contribution in [2.45, 2.75) is 33.0 Å². The van der Waals surface area contributed by atoms with Crippen molar-refractivity contribution >= 4 is 27.5 Å². The molecule has 3 rings (SSSR count). The van der Waals surface area contributed by atoms with E-state index in [0.717, 1.165) is 28.2 Å². The molecule has 1 N–H and O–H groups in total. The second-order valence-corrected chi connectivity index (χ2v) is 7.13. The topological polar surface area (TPSA) is 85.1 Å². The zero-order valence-electron chi connectivity index (χ0n) is 14.3. The molecule has 3 aromatic rings. The number of alkyl halides is 3. The number of halogens is 3. The number of hydrogen-bond acceptors (Lipinski definition) is 5. The third-order valence-electron chi connectivity index (χ3n) is 4.15. The van der Waals surface area contributed by atoms with Gasteiger partial charge in [0.25, 0.3) is 5.56 Å². The monoisotopic (exact) mass is 397 g/mol. The first kappa shape index (κ1) is 19.0. The molecule has 0 aliphatic heterocycles. The molecule has 0 radical (unpaired) electrons. The van der Waals surface area contributed by atoms with Crippen molar-refractivity contribution in [1.29, 1.82) is 0 Å². The molecule has 10 heteroatoms. The standard InChI is InChI=1S/C17H14F3N3O3S/c1-8-9(2)16(26)23(22-11(8)6-15(24)25)7-14-21-12-5-10(17(18,19)20)3-4-13(12)27-14/h3-5H,6-7H2,1-2H3,(H,24,25). The Kier molecular flexibility index (Phi) is 4.77. The summed E-state index contributed by atoms with van der Waals surface area (Å²) in [6.07, 6.45) is -4.79. The fraction of sp³-hybridized carbons (Fsp3) is 0.294. The minimum absolute atomic E-state index is 0.0483. The van der Waals surface area contributed by atoms with E-state index in [2.05, 4.69) is 10.1 Å². The van der Waals surface area contributed by atoms with Crippen molar-refractivity contribution in [1.82, 2.24) is 14.8 Å². The summed E-state index contributed by atoms with van der Waals surface area (Å²) in [7, 11) is 0. The quantitative estimate of drug-likeness (QED) is 0.731. The minimum atomic E-state index is -4.46. The first-order valence-corrected chi connectivity index (χ1v) is 8.63. The molecular weight excluding hydrogens is 383 g/mol. The van der Waals surface area contributed by atoms with Crippen LogP contribution in [-0.2, 0) is 23.9 Å². The van der Waals surface area contributed by atoms with Crippen LogP contribution in [0, 0.1) is 13.8 Å². The number of carbonyl (C=O) groups is 1. The minimum Gasteiger partial charge on any atom is -0.481 e. The van der Waals surface area contributed by atoms with Gasteiger partial charge in [0.05, 0.1) is 34.4 Å². The molecule has 0 saturated carbocycles. The second kappa shape index (κ2) is 6.76. The molecule has 0 amide bonds. The van der Waals surface area contributed by atoms with Gasteiger partial charge < -0.3 is 5.11 Å². The highest BCUT2D eigenvalue weighted by atomic mass is 32.1. The number of nitrogens with zero attached hydrogens (tertiary/aromatic N) is 3. The normalized spacial score (nSPS) is 11.9. The first-order chi connectivity index (χ1) is 12.6. The Balaban J connectivity index is 2.01. The van der Waals surface area contributed by atoms with Crippen LogP contribution in [0.5, 0.6) is 0 Å². The Morgan fingerprint density at radius 3 is 2.59 bits per heavy atom. The summed E-state index contributed by atoms with van der Waals surface area (Å²) in [5.41, 5.74) is 0.154. The molecule has 27 heavy (non-hydrogen) atoms. The molecule has 0 aliphatic rings. The Morgan fingerprint density at radius 1 is 1.26 bits per heavy atom. The molecule has 0 atom stereocenters. The van der Waals surface area contributed by atoms with Gasteiger partial charge in [-0.2, -0.15) is 18.3 Å². The molecule has 0 unspecified atom stereocenters. The largest absolute Gasteiger partial charge is 0.481 e. The lowest BCUT2D eigenvalue weighted by molar-refractivity contribution is -0.138. The van der Waals surface area contributed by atoms with E-state index in [1.165, 1.54) is 6.07 Å². The number of aromatic nitrogens is 3. The number of thiazole rings is 1. The van der Waals surface area contributed by atoms with Crippen LogP contribution in [0.4, 0.5) is 13.2 Å². The summed E-state index contributed by atoms with van der Waals surface area (Å²) >= 11 is 1.16. The summed E-state index contributed by atoms with van der Waals surface area (Å²) < 4.78 is 40.1. The van der Waals surface area contributed by atoms with E-state index in [9.17, 15) is 22.8 Å². The lowest BCUT2D eigenvalue weighted by Crippen LogP contribution is -2.28. The fourth-order valence-electron chi connectivity index (χ4n) is 2.60. The van der Waals surface area contributed by atoms with Crippen molar-refractivity contribution in [3.05, 3.63) is 55.9 Å². The van der Waals surface area contributed by atoms with Crippen molar-refractivity contribution in [2.24, 2.45) is 0 Å². The molecule has 6 nitrogen and oxygen atoms in total. The summed E-state index contributed by atoms with van der Waals surface area (Å²) in [5.74, 6) is -1.07. The maximum Gasteiger partial charge on any atom is 0.416 e. The highest BCUT2D eigenvalue weighted by Gasteiger charge is 2.30. The van der Waals surface area contributed by atoms with Gasteiger partial charge in [0.2, 0.25) is 0 Å². The van der Waals surface area contributed by atoms with Gasteiger partial charge in [0, 0.05) is 5.56 Å². The van der Waals surface area contributed by atoms with Crippen LogP contribution in [0.3, 0.4) is 0 Å². The van der Waals surface area contributed by atoms with Gasteiger partial charge in [-0.25, -0.2) is 9.67 Å². The lowest BCUT2D eigenvalue weighted by atomic mass is 10.1. The van der Waals surface area contributed by atoms with E-state index in [1.54, 1.807) is 13.8 Å². The molecular formula is C17H14F3N3O3S. The average molecular weight is 397 g/mol. The summed E-state index contributed by atoms with van der Waals surface area (Å²) in [6.45, 7) is 3.16. The van der Waals surface area contributed by atoms with Crippen LogP contribution in [0.25, 0.3) is 10.2 Å². The molecule has 0 aliphatic carbocycles. The number of carboxylic acids is 1. The smallest absolute Gasteiger partial charge is 0.416 e. The fourth-order valence-corrected chi connectivity index (χ4v) is 3.53. The van der Waals surface area contributed by atoms with Crippen LogP contribution in [0.15, 0.2) is 23.0 Å². The molecule has 142 valence electrons. The maximum absolute atomic E-state index is 12.8. The van der Waals surface area contributed by atoms with E-state index in [-0.39, 0.29) is 24.2 Å². The molecule has 2 aromatic heterocycles. The Morgan fingerprint density at radius 2 is 1.96 bits per heavy atom. The molecule has 0 saturated heterocycles. The number of fused-ring (bicyclic) bond motifs is 1. The first-order valence-electron chi connectivity index (χ1n) is 7.82. The summed E-state index contributed by atoms with van der Waals surface area (Å²) in [5, 5.41) is 13.5. The second-order valence-electron chi connectivity index (χ2n) is 6.02. The van der Waals surface area contributed by atoms with Gasteiger partial charge in [0.1, 0.15) is 5.01 Å². The molecule has 0 bridgehead atoms. The summed E-state index contributed by atoms with van der Waals surface area (Å²) in [4.78, 5) is 27.6. The molecule has 0 fully saturated rings. The molecule has 2 heterocycles. The van der Waals surface area contributed by atoms with Gasteiger partial charge in [-0.1, -0.05) is 0 Å². The SMILES string of the molecule is Cc1c(CC(=O)O)nn(Cc2nc3cc(C(F)(F)F)ccc3s2)c(=O)c1C. The van der Waals surface area contributed by atoms with Crippen molar-refractivity contribution in [3.8, 4) is 0 Å². The van der Waals surface area contributed by atoms with Crippen LogP contribution in [-0.4, -0.2) is 25.8 Å². The third-order valence-corrected chi connectivity index (χ3v) is 5.18. The van der Waals surface area contributed by atoms with Crippen LogP contribution in [0.2, 0.25) is 0 Å². The van der Waals surface area contributed by atoms with Crippen LogP contribution in [0.1, 0.15) is 27.4 Å². The van der Waals surface area contributed by atoms with E-state index in [4.69, 9.17) is 5.11 Å². The van der Waals surface area contributed by atoms with Crippen LogP contribution < -0.4 is 5.56 Å². The number of benzene rings is 1. The number of hydrogen-bond donors (Lipinski definition) is 1. The maximum atomic E-state index is 12.8. The Labute approximate surface area is 154 Å². The van der Waals surface area contributed by atoms with Gasteiger partial charge >= 0.3 is 12.1 Å². The Bertz CT molecular complexity index is 1100. The lowest BCUT2D eigenvalue weighted by Gasteiger charge is -2.10. The van der Waals surface area contributed by atoms with Gasteiger partial charge in [-0.05, 0) is 37.6 Å². The van der Waals surface area contributed by atoms with Gasteiger partial charge in [0.15, 0.2) is 0 Å². The Hall–Kier alpha value is -2.75. The zero-order valence-corrected chi connectivity index (χ0v) is 15.1. The highest BCUT2D eigenvalue weighted by molar-refractivity contribution is 7.18. The van der Waals surface area contributed by atoms with E-state index >= 15 is 0 Å². The highest BCUT2D eigenvalue weighted by Crippen LogP contribution is 2.32. The average Bonchev–Trinajstić information content (AvgIpc) is 2.97. The molecule has 1 aromatic carbocycles. The van der Waals surface area contributed by atoms with Crippen molar-refractivity contribution in [3.63, 3.8) is 0 Å². The summed E-state index contributed by atoms with van der Waals surface area (Å²) in [6, 6.07) is 3.28. The number of carboxylic acid groups (broad SMARTS) is 1. The van der Waals surface area contributed by atoms with Crippen molar-refractivity contribution in [2.75, 3.05) is 0 Å². The zero-order chi connectivity index (χ0) is 19.9. The molecule has 0 spiro atoms. The third kappa shape index (κ3) is 3.85. The van der Waals surface area contributed by atoms with E-state index in [0.29, 0.717) is 20.8 Å². The van der Waals surface area contributed by atoms with Gasteiger partial charge in [-0.3, -0.25) is 9.59 Å². The number of rotatable bonds is 4. The van der Waals surface area contributed by atoms with Crippen molar-refractivity contribution < 1.29 is 23.1 Å². The van der Waals surface area contributed by atoms with Crippen LogP contribution >= 0.6 is 11.3 Å². The van der Waals surface area contributed by atoms with E-state index in [1.807, 2.05) is 0 Å². The number of aliphatic carboxylic acids is 1. The predicted molar refractivity (Wildman–Crippen MR) is 93.0 cm³/mol.